The number of phenolic OH excluding ortho intramolecular Hbond substituents is 1. The Morgan fingerprint density at radius 1 is 1.50 bits per heavy atom. The standard InChI is InChI=1S/C12H10ClNO4/c1-6-4-9(16)7-2-3-8(15)11(12(7)18-6)14-10(17)5-13/h2-4,15H,5H2,1H3,(H,14,17). The smallest absolute Gasteiger partial charge is 0.239 e. The van der Waals surface area contributed by atoms with Crippen LogP contribution in [0.1, 0.15) is 5.76 Å². The zero-order valence-electron chi connectivity index (χ0n) is 9.49. The normalized spacial score (nSPS) is 10.6. The molecule has 2 aromatic rings. The number of carbonyl (C=O) groups is 1. The van der Waals surface area contributed by atoms with Crippen molar-refractivity contribution in [3.8, 4) is 5.75 Å². The largest absolute Gasteiger partial charge is 0.506 e. The van der Waals surface area contributed by atoms with E-state index in [0.29, 0.717) is 5.76 Å². The molecule has 0 spiro atoms. The van der Waals surface area contributed by atoms with Crippen LogP contribution in [-0.2, 0) is 4.79 Å². The molecule has 1 amide bonds. The van der Waals surface area contributed by atoms with E-state index in [-0.39, 0.29) is 33.7 Å². The van der Waals surface area contributed by atoms with Crippen LogP contribution in [0.5, 0.6) is 5.75 Å². The van der Waals surface area contributed by atoms with E-state index in [4.69, 9.17) is 16.0 Å². The molecule has 18 heavy (non-hydrogen) atoms. The lowest BCUT2D eigenvalue weighted by Crippen LogP contribution is -2.13. The predicted molar refractivity (Wildman–Crippen MR) is 68.2 cm³/mol. The van der Waals surface area contributed by atoms with Crippen molar-refractivity contribution in [3.63, 3.8) is 0 Å². The Bertz CT molecular complexity index is 678. The Morgan fingerprint density at radius 3 is 2.89 bits per heavy atom. The number of hydrogen-bond acceptors (Lipinski definition) is 4. The molecular weight excluding hydrogens is 258 g/mol. The van der Waals surface area contributed by atoms with Gasteiger partial charge in [-0.15, -0.1) is 11.6 Å². The van der Waals surface area contributed by atoms with Crippen LogP contribution in [0.4, 0.5) is 5.69 Å². The van der Waals surface area contributed by atoms with Crippen LogP contribution < -0.4 is 10.7 Å². The van der Waals surface area contributed by atoms with Crippen LogP contribution in [0, 0.1) is 6.92 Å². The average molecular weight is 268 g/mol. The summed E-state index contributed by atoms with van der Waals surface area (Å²) in [6.45, 7) is 1.61. The minimum Gasteiger partial charge on any atom is -0.506 e. The molecule has 94 valence electrons. The van der Waals surface area contributed by atoms with Crippen molar-refractivity contribution in [2.75, 3.05) is 11.2 Å². The lowest BCUT2D eigenvalue weighted by molar-refractivity contribution is -0.113. The number of benzene rings is 1. The molecule has 6 heteroatoms. The fourth-order valence-electron chi connectivity index (χ4n) is 1.62. The number of carbonyl (C=O) groups excluding carboxylic acids is 1. The van der Waals surface area contributed by atoms with E-state index in [1.54, 1.807) is 6.92 Å². The van der Waals surface area contributed by atoms with E-state index in [0.717, 1.165) is 0 Å². The molecule has 0 aliphatic heterocycles. The topological polar surface area (TPSA) is 79.5 Å². The van der Waals surface area contributed by atoms with Crippen molar-refractivity contribution >= 4 is 34.2 Å². The molecule has 2 N–H and O–H groups in total. The summed E-state index contributed by atoms with van der Waals surface area (Å²) in [7, 11) is 0. The van der Waals surface area contributed by atoms with Gasteiger partial charge in [-0.3, -0.25) is 9.59 Å². The SMILES string of the molecule is Cc1cc(=O)c2ccc(O)c(NC(=O)CCl)c2o1. The first-order valence-corrected chi connectivity index (χ1v) is 5.68. The first-order chi connectivity index (χ1) is 8.52. The first kappa shape index (κ1) is 12.4. The third kappa shape index (κ3) is 2.17. The number of aromatic hydroxyl groups is 1. The van der Waals surface area contributed by atoms with Gasteiger partial charge in [-0.25, -0.2) is 0 Å². The van der Waals surface area contributed by atoms with E-state index in [2.05, 4.69) is 5.32 Å². The first-order valence-electron chi connectivity index (χ1n) is 5.15. The van der Waals surface area contributed by atoms with Gasteiger partial charge < -0.3 is 14.8 Å². The molecule has 1 heterocycles. The molecule has 0 atom stereocenters. The van der Waals surface area contributed by atoms with E-state index in [1.165, 1.54) is 18.2 Å². The Labute approximate surface area is 107 Å². The van der Waals surface area contributed by atoms with Crippen molar-refractivity contribution in [2.24, 2.45) is 0 Å². The Balaban J connectivity index is 2.73. The van der Waals surface area contributed by atoms with Gasteiger partial charge in [-0.05, 0) is 19.1 Å². The van der Waals surface area contributed by atoms with Crippen LogP contribution in [0.25, 0.3) is 11.0 Å². The van der Waals surface area contributed by atoms with Gasteiger partial charge in [0.25, 0.3) is 0 Å². The van der Waals surface area contributed by atoms with Crippen molar-refractivity contribution in [1.29, 1.82) is 0 Å². The van der Waals surface area contributed by atoms with Crippen molar-refractivity contribution < 1.29 is 14.3 Å². The highest BCUT2D eigenvalue weighted by atomic mass is 35.5. The van der Waals surface area contributed by atoms with E-state index in [1.807, 2.05) is 0 Å². The summed E-state index contributed by atoms with van der Waals surface area (Å²) in [6.07, 6.45) is 0. The number of phenols is 1. The highest BCUT2D eigenvalue weighted by molar-refractivity contribution is 6.29. The highest BCUT2D eigenvalue weighted by Gasteiger charge is 2.14. The van der Waals surface area contributed by atoms with Crippen LogP contribution in [-0.4, -0.2) is 16.9 Å². The fraction of sp³-hybridized carbons (Fsp3) is 0.167. The number of nitrogens with one attached hydrogen (secondary N) is 1. The lowest BCUT2D eigenvalue weighted by atomic mass is 10.1. The van der Waals surface area contributed by atoms with Crippen molar-refractivity contribution in [2.45, 2.75) is 6.92 Å². The number of alkyl halides is 1. The van der Waals surface area contributed by atoms with E-state index in [9.17, 15) is 14.7 Å². The van der Waals surface area contributed by atoms with Crippen molar-refractivity contribution in [1.82, 2.24) is 0 Å². The molecule has 1 aromatic heterocycles. The Morgan fingerprint density at radius 2 is 2.22 bits per heavy atom. The summed E-state index contributed by atoms with van der Waals surface area (Å²) in [5.41, 5.74) is -0.0486. The second-order valence-corrected chi connectivity index (χ2v) is 4.01. The molecule has 0 fully saturated rings. The van der Waals surface area contributed by atoms with E-state index >= 15 is 0 Å². The third-order valence-electron chi connectivity index (χ3n) is 2.38. The van der Waals surface area contributed by atoms with Crippen LogP contribution in [0.2, 0.25) is 0 Å². The minimum atomic E-state index is -0.497. The number of amides is 1. The minimum absolute atomic E-state index is 0.0546. The predicted octanol–water partition coefficient (Wildman–Crippen LogP) is 1.98. The molecule has 0 bridgehead atoms. The second-order valence-electron chi connectivity index (χ2n) is 3.74. The maximum atomic E-state index is 11.7. The monoisotopic (exact) mass is 267 g/mol. The van der Waals surface area contributed by atoms with Crippen LogP contribution in [0.15, 0.2) is 27.4 Å². The summed E-state index contributed by atoms with van der Waals surface area (Å²) in [6, 6.07) is 4.09. The number of rotatable bonds is 2. The number of anilines is 1. The molecule has 0 aliphatic carbocycles. The molecule has 1 aromatic carbocycles. The van der Waals surface area contributed by atoms with Gasteiger partial charge in [0, 0.05) is 6.07 Å². The van der Waals surface area contributed by atoms with Gasteiger partial charge in [-0.1, -0.05) is 0 Å². The van der Waals surface area contributed by atoms with Crippen LogP contribution >= 0.6 is 11.6 Å². The molecule has 0 unspecified atom stereocenters. The number of aryl methyl sites for hydroxylation is 1. The molecule has 0 radical (unpaired) electrons. The van der Waals surface area contributed by atoms with Gasteiger partial charge in [0.15, 0.2) is 11.0 Å². The highest BCUT2D eigenvalue weighted by Crippen LogP contribution is 2.31. The fourth-order valence-corrected chi connectivity index (χ4v) is 1.69. The summed E-state index contributed by atoms with van der Waals surface area (Å²) in [5.74, 6) is -0.552. The molecule has 2 rings (SSSR count). The lowest BCUT2D eigenvalue weighted by Gasteiger charge is -2.09. The molecule has 0 aliphatic rings. The Hall–Kier alpha value is -2.01. The summed E-state index contributed by atoms with van der Waals surface area (Å²) in [4.78, 5) is 23.0. The van der Waals surface area contributed by atoms with Gasteiger partial charge in [-0.2, -0.15) is 0 Å². The maximum Gasteiger partial charge on any atom is 0.239 e. The van der Waals surface area contributed by atoms with Gasteiger partial charge >= 0.3 is 0 Å². The number of halogens is 1. The summed E-state index contributed by atoms with van der Waals surface area (Å²) < 4.78 is 5.38. The summed E-state index contributed by atoms with van der Waals surface area (Å²) in [5, 5.41) is 12.4. The van der Waals surface area contributed by atoms with Crippen LogP contribution in [0.3, 0.4) is 0 Å². The van der Waals surface area contributed by atoms with Gasteiger partial charge in [0.2, 0.25) is 5.91 Å². The zero-order chi connectivity index (χ0) is 13.3. The molecular formula is C12H10ClNO4. The van der Waals surface area contributed by atoms with Gasteiger partial charge in [0.05, 0.1) is 5.39 Å². The zero-order valence-corrected chi connectivity index (χ0v) is 10.2. The van der Waals surface area contributed by atoms with Crippen molar-refractivity contribution in [3.05, 3.63) is 34.2 Å². The number of fused-ring (bicyclic) bond motifs is 1. The third-order valence-corrected chi connectivity index (χ3v) is 2.63. The average Bonchev–Trinajstić information content (AvgIpc) is 2.32. The Kier molecular flexibility index (Phi) is 3.25. The second kappa shape index (κ2) is 4.70. The molecule has 0 saturated carbocycles. The summed E-state index contributed by atoms with van der Waals surface area (Å²) >= 11 is 5.38. The number of hydrogen-bond donors (Lipinski definition) is 2. The van der Waals surface area contributed by atoms with Gasteiger partial charge in [0.1, 0.15) is 23.1 Å². The molecule has 0 saturated heterocycles. The molecule has 5 nitrogen and oxygen atoms in total. The maximum absolute atomic E-state index is 11.7. The quantitative estimate of drug-likeness (QED) is 0.644. The van der Waals surface area contributed by atoms with E-state index < -0.39 is 5.91 Å².